The molecule has 0 N–H and O–H groups in total. The Hall–Kier alpha value is 1.26. The Kier molecular flexibility index (Phi) is 52.3. The van der Waals surface area contributed by atoms with Crippen molar-refractivity contribution in [3.8, 4) is 0 Å². The minimum absolute atomic E-state index is 0. The second-order valence-electron chi connectivity index (χ2n) is 53.4. The van der Waals surface area contributed by atoms with Gasteiger partial charge in [-0.25, -0.2) is 0 Å². The van der Waals surface area contributed by atoms with E-state index in [0.29, 0.717) is 40.9 Å². The molecule has 0 aliphatic heterocycles. The van der Waals surface area contributed by atoms with Gasteiger partial charge in [0.2, 0.25) is 0 Å². The second-order valence-corrected chi connectivity index (χ2v) is 88.6. The fraction of sp³-hybridized carbons (Fsp3) is 0.615. The first-order chi connectivity index (χ1) is 65.2. The van der Waals surface area contributed by atoms with Gasteiger partial charge in [0, 0.05) is 0 Å². The molecule has 20 aliphatic rings. The van der Waals surface area contributed by atoms with Gasteiger partial charge in [-0.2, -0.15) is 0 Å². The van der Waals surface area contributed by atoms with Gasteiger partial charge in [-0.05, 0) is 359 Å². The Balaban J connectivity index is 0.000000287. The van der Waals surface area contributed by atoms with Crippen LogP contribution in [0.2, 0.25) is 96.7 Å². The Labute approximate surface area is 980 Å². The van der Waals surface area contributed by atoms with Crippen LogP contribution in [0.3, 0.4) is 0 Å². The van der Waals surface area contributed by atoms with Gasteiger partial charge in [-0.3, -0.25) is 0 Å². The molecule has 0 amide bonds. The first-order valence-corrected chi connectivity index (χ1v) is 92.5. The third-order valence-corrected chi connectivity index (χ3v) is 62.7. The maximum absolute atomic E-state index is 4.93. The molecule has 29 atom stereocenters. The van der Waals surface area contributed by atoms with E-state index in [-0.39, 0.29) is 81.1 Å². The number of allylic oxidation sites excluding steroid dienone is 36. The van der Waals surface area contributed by atoms with Gasteiger partial charge in [0.25, 0.3) is 0 Å². The quantitative estimate of drug-likeness (QED) is 0.153. The summed E-state index contributed by atoms with van der Waals surface area (Å²) in [6, 6.07) is 11.4. The normalized spacial score (nSPS) is 36.4. The van der Waals surface area contributed by atoms with Crippen molar-refractivity contribution in [2.75, 3.05) is 0 Å². The fourth-order valence-corrected chi connectivity index (χ4v) is 57.8. The monoisotopic (exact) mass is 2510 g/mol. The summed E-state index contributed by atoms with van der Waals surface area (Å²) in [6.07, 6.45) is 91.6. The van der Waals surface area contributed by atoms with Crippen molar-refractivity contribution in [3.63, 3.8) is 0 Å². The molecule has 10 fully saturated rings. The second kappa shape index (κ2) is 56.2. The average Bonchev–Trinajstić information content (AvgIpc) is 1.53. The van der Waals surface area contributed by atoms with E-state index in [1.165, 1.54) is 127 Å². The van der Waals surface area contributed by atoms with Crippen molar-refractivity contribution in [1.82, 2.24) is 0 Å². The number of halogens is 8. The molecule has 146 heavy (non-hydrogen) atoms. The third kappa shape index (κ3) is 27.9. The Morgan fingerprint density at radius 2 is 0.753 bits per heavy atom. The summed E-state index contributed by atoms with van der Waals surface area (Å²) >= 11 is -3.30. The summed E-state index contributed by atoms with van der Waals surface area (Å²) in [6.45, 7) is 67.2. The number of rotatable bonds is 11. The molecule has 808 valence electrons. The first kappa shape index (κ1) is 136. The Bertz CT molecular complexity index is 4940. The first-order valence-electron chi connectivity index (χ1n) is 54.5. The van der Waals surface area contributed by atoms with E-state index in [1.807, 2.05) is 5.57 Å². The minimum atomic E-state index is -1.72. The average molecular weight is 2520 g/mol. The van der Waals surface area contributed by atoms with E-state index < -0.39 is 116 Å². The van der Waals surface area contributed by atoms with Crippen LogP contribution in [0.25, 0.3) is 0 Å². The number of hydrogen-bond acceptors (Lipinski definition) is 0. The van der Waals surface area contributed by atoms with Gasteiger partial charge in [0.05, 0.1) is 32.3 Å². The molecule has 0 bridgehead atoms. The number of fused-ring (bicyclic) bond motifs is 13. The van der Waals surface area contributed by atoms with Crippen LogP contribution in [0.15, 0.2) is 244 Å². The van der Waals surface area contributed by atoms with Gasteiger partial charge >= 0.3 is 151 Å². The van der Waals surface area contributed by atoms with Gasteiger partial charge in [0.1, 0.15) is 0 Å². The molecule has 0 heterocycles. The molecular formula is C130H200Cl8Si4Zr4. The molecule has 21 rings (SSSR count). The predicted molar refractivity (Wildman–Crippen MR) is 655 cm³/mol. The summed E-state index contributed by atoms with van der Waals surface area (Å²) in [7, 11) is 33.6. The van der Waals surface area contributed by atoms with Crippen LogP contribution in [0.1, 0.15) is 252 Å². The molecule has 0 radical (unpaired) electrons. The van der Waals surface area contributed by atoms with Gasteiger partial charge < -0.3 is 59.4 Å². The van der Waals surface area contributed by atoms with Gasteiger partial charge in [-0.15, -0.1) is 0 Å². The Morgan fingerprint density at radius 3 is 1.21 bits per heavy atom. The van der Waals surface area contributed by atoms with E-state index in [1.54, 1.807) is 44.6 Å². The summed E-state index contributed by atoms with van der Waals surface area (Å²) in [4.78, 5) is 0. The molecule has 0 saturated heterocycles. The van der Waals surface area contributed by atoms with Crippen LogP contribution in [-0.4, -0.2) is 32.3 Å². The van der Waals surface area contributed by atoms with Crippen molar-refractivity contribution >= 4 is 100 Å². The predicted octanol–water partition coefficient (Wildman–Crippen LogP) is 44.5. The molecule has 10 saturated carbocycles. The van der Waals surface area contributed by atoms with Crippen molar-refractivity contribution in [2.45, 2.75) is 343 Å². The van der Waals surface area contributed by atoms with E-state index in [4.69, 9.17) is 68.1 Å². The zero-order valence-corrected chi connectivity index (χ0v) is 117. The van der Waals surface area contributed by atoms with Crippen LogP contribution in [0.4, 0.5) is 0 Å². The zero-order chi connectivity index (χ0) is 100. The molecule has 0 spiro atoms. The van der Waals surface area contributed by atoms with Crippen LogP contribution < -0.4 is 0 Å². The topological polar surface area (TPSA) is 0 Å². The van der Waals surface area contributed by atoms with Crippen molar-refractivity contribution in [3.05, 3.63) is 309 Å². The van der Waals surface area contributed by atoms with Gasteiger partial charge in [0.15, 0.2) is 0 Å². The summed E-state index contributed by atoms with van der Waals surface area (Å²) in [5.74, 6) is 18.0. The SMILES string of the molecule is CC(C)CC1CC([Si](C)(C)C2CCC3C=CC=CC32)C2C=CC3=C(CCCC3(C)C)C12.CC1=CC2C(C=C1)C([Si](C)(C)C1CCC3C=CC=CC31)C(C)C2c1ccccc1.CC1=CC2CCC([Si](C)(C)C3C4C=C5C(=CC4C4C=C6C(=CC43)C(C)(C)CCC6(C)C)C(C)(C)CCC5(C)C)C2C(C)=C1.CC1=CC=CC2C1CC(C)C2[Si](C)(C)C1CCC2C=CC=CC21.[CH3-].[CH3-].[CH3-].[CH3-].[CH3-].[CH3-].[CH3-].[CH3-].[Cl][Zr+2][Cl].[Cl][Zr+2][Cl].[Cl][Zr+2][Cl].[Cl][Zr+2][Cl]. The van der Waals surface area contributed by atoms with E-state index >= 15 is 0 Å². The van der Waals surface area contributed by atoms with Gasteiger partial charge in [-0.1, -0.05) is 391 Å². The zero-order valence-electron chi connectivity index (χ0n) is 97.5. The summed E-state index contributed by atoms with van der Waals surface area (Å²) in [5, 5.41) is 0. The van der Waals surface area contributed by atoms with Crippen LogP contribution in [0, 0.1) is 217 Å². The van der Waals surface area contributed by atoms with E-state index in [2.05, 4.69) is 365 Å². The van der Waals surface area contributed by atoms with Crippen molar-refractivity contribution in [1.29, 1.82) is 0 Å². The van der Waals surface area contributed by atoms with Crippen LogP contribution >= 0.6 is 68.1 Å². The van der Waals surface area contributed by atoms with E-state index in [9.17, 15) is 0 Å². The molecule has 1 aromatic carbocycles. The molecule has 0 aromatic heterocycles. The third-order valence-electron chi connectivity index (χ3n) is 42.0. The maximum atomic E-state index is 4.93. The van der Waals surface area contributed by atoms with Crippen molar-refractivity contribution in [2.24, 2.45) is 157 Å². The molecular weight excluding hydrogens is 2320 g/mol. The standard InChI is InChI=1S/C42H62Si.C30H46Si.C28H36Si.C22H32Si.8CH3.8ClH.4Zr/c1-25-19-26(2)37-27(20-25)13-14-36(37)43(11,12)38-30-23-34-32(39(3,4)15-17-41(34,7)8)21-28(30)29-22-33-35(24-31(29)38)42(9,10)18-16-40(33,5)6;1-20(2)18-22-19-28(31(5,6)27-16-13-21-10-7-8-11-23(21)27)25-14-15-26-24(29(22)25)12-9-17-30(26,3)4;1-19-14-16-24-25(18-19)27(22-11-6-5-7-12-22)20(2)28(24)29(3,4)26-17-15-21-10-8-9-13-23(21)26;1-15-8-7-11-19-20(15)14-16(2)22(19)23(3,4)21-13-12-17-9-5-6-10-18(17)21;;;;;;;;;;;;;;;;;;;;/h19-24,27-31,36-38H,13-18H2,1-12H3;7-8,10-11,14-15,20-23,25,27-29H,9,12-13,16-19H2,1-6H3;5-14,16,18,20-21,23-28H,15,17H2,1-4H3;5-11,16-22H,12-14H2,1-4H3;8*1H3;8*1H;;;;/q;;;;8*-1;;;;;;;;;4*+4/p-8. The van der Waals surface area contributed by atoms with Crippen LogP contribution in [-0.2, 0) is 83.4 Å². The fourth-order valence-electron chi connectivity index (χ4n) is 36.0. The Morgan fingerprint density at radius 1 is 0.349 bits per heavy atom. The molecule has 0 nitrogen and oxygen atoms in total. The number of hydrogen-bond donors (Lipinski definition) is 0. The van der Waals surface area contributed by atoms with E-state index in [0.717, 1.165) is 145 Å². The summed E-state index contributed by atoms with van der Waals surface area (Å²) < 4.78 is 0. The molecule has 1 aromatic rings. The number of benzene rings is 1. The molecule has 20 aliphatic carbocycles. The molecule has 29 unspecified atom stereocenters. The van der Waals surface area contributed by atoms with Crippen molar-refractivity contribution < 1.29 is 83.4 Å². The summed E-state index contributed by atoms with van der Waals surface area (Å²) in [5.41, 5.74) is 27.3. The molecule has 16 heteroatoms. The van der Waals surface area contributed by atoms with Crippen LogP contribution in [0.5, 0.6) is 0 Å².